The minimum absolute atomic E-state index is 0.447. The molecule has 1 aliphatic heterocycles. The maximum atomic E-state index is 10.5. The van der Waals surface area contributed by atoms with Crippen LogP contribution in [0.25, 0.3) is 0 Å². The molecule has 4 atom stereocenters. The van der Waals surface area contributed by atoms with E-state index < -0.39 is 31.2 Å². The lowest BCUT2D eigenvalue weighted by Gasteiger charge is -2.09. The molecule has 5 nitrogen and oxygen atoms in total. The number of aliphatic hydroxyl groups excluding tert-OH is 3. The van der Waals surface area contributed by atoms with E-state index in [1.165, 1.54) is 0 Å². The monoisotopic (exact) mass is 149 g/mol. The van der Waals surface area contributed by atoms with Gasteiger partial charge in [-0.25, -0.2) is 0 Å². The highest BCUT2D eigenvalue weighted by Crippen LogP contribution is 2.18. The first-order chi connectivity index (χ1) is 4.66. The van der Waals surface area contributed by atoms with Crippen LogP contribution in [-0.4, -0.2) is 46.5 Å². The lowest BCUT2D eigenvalue weighted by Crippen LogP contribution is -2.33. The van der Waals surface area contributed by atoms with Gasteiger partial charge in [0, 0.05) is 0 Å². The van der Waals surface area contributed by atoms with E-state index in [0.29, 0.717) is 0 Å². The highest BCUT2D eigenvalue weighted by atomic mass is 16.6. The van der Waals surface area contributed by atoms with Gasteiger partial charge < -0.3 is 20.1 Å². The molecule has 0 aromatic heterocycles. The van der Waals surface area contributed by atoms with Crippen molar-refractivity contribution in [2.75, 3.05) is 6.61 Å². The van der Waals surface area contributed by atoms with Crippen LogP contribution in [0.15, 0.2) is 0 Å². The third-order valence-electron chi connectivity index (χ3n) is 1.50. The van der Waals surface area contributed by atoms with Crippen molar-refractivity contribution in [3.63, 3.8) is 0 Å². The van der Waals surface area contributed by atoms with Crippen LogP contribution in [0, 0.1) is 0 Å². The summed E-state index contributed by atoms with van der Waals surface area (Å²) in [6, 6.07) is 0. The smallest absolute Gasteiger partial charge is 0.220 e. The second kappa shape index (κ2) is 2.81. The fourth-order valence-electron chi connectivity index (χ4n) is 0.865. The standard InChI is InChI=1S/C5H9O5/c6-1-2-3(7)4(8)5(9)10-2/h2-8H,1H2/t2-,3-,4+,5+/m1/s1. The molecule has 0 aromatic rings. The first-order valence-corrected chi connectivity index (χ1v) is 2.95. The Kier molecular flexibility index (Phi) is 2.22. The van der Waals surface area contributed by atoms with Crippen LogP contribution in [0.2, 0.25) is 0 Å². The number of ether oxygens (including phenoxy) is 1. The lowest BCUT2D eigenvalue weighted by atomic mass is 10.1. The van der Waals surface area contributed by atoms with Crippen LogP contribution in [0.4, 0.5) is 0 Å². The predicted molar refractivity (Wildman–Crippen MR) is 28.4 cm³/mol. The summed E-state index contributed by atoms with van der Waals surface area (Å²) in [7, 11) is 0. The van der Waals surface area contributed by atoms with E-state index in [-0.39, 0.29) is 0 Å². The molecule has 0 aromatic carbocycles. The van der Waals surface area contributed by atoms with Crippen molar-refractivity contribution in [2.24, 2.45) is 0 Å². The first-order valence-electron chi connectivity index (χ1n) is 2.95. The van der Waals surface area contributed by atoms with Gasteiger partial charge in [-0.2, -0.15) is 5.11 Å². The van der Waals surface area contributed by atoms with E-state index in [1.807, 2.05) is 0 Å². The van der Waals surface area contributed by atoms with E-state index >= 15 is 0 Å². The molecule has 1 heterocycles. The molecule has 1 fully saturated rings. The molecule has 0 aliphatic carbocycles. The number of aliphatic hydroxyl groups is 3. The third-order valence-corrected chi connectivity index (χ3v) is 1.50. The molecule has 0 saturated carbocycles. The van der Waals surface area contributed by atoms with Gasteiger partial charge in [-0.3, -0.25) is 0 Å². The van der Waals surface area contributed by atoms with E-state index in [2.05, 4.69) is 4.74 Å². The summed E-state index contributed by atoms with van der Waals surface area (Å²) in [5, 5.41) is 36.6. The van der Waals surface area contributed by atoms with E-state index in [9.17, 15) is 5.11 Å². The molecular weight excluding hydrogens is 140 g/mol. The molecule has 59 valence electrons. The van der Waals surface area contributed by atoms with Gasteiger partial charge in [-0.05, 0) is 0 Å². The number of hydrogen-bond acceptors (Lipinski definition) is 4. The fraction of sp³-hybridized carbons (Fsp3) is 1.00. The van der Waals surface area contributed by atoms with Crippen LogP contribution >= 0.6 is 0 Å². The molecule has 5 heteroatoms. The van der Waals surface area contributed by atoms with Crippen LogP contribution in [0.1, 0.15) is 0 Å². The van der Waals surface area contributed by atoms with Gasteiger partial charge in [0.1, 0.15) is 18.3 Å². The van der Waals surface area contributed by atoms with Crippen molar-refractivity contribution in [2.45, 2.75) is 24.6 Å². The van der Waals surface area contributed by atoms with Gasteiger partial charge >= 0.3 is 0 Å². The Balaban J connectivity index is 2.53. The van der Waals surface area contributed by atoms with Gasteiger partial charge in [-0.15, -0.1) is 0 Å². The Morgan fingerprint density at radius 2 is 1.90 bits per heavy atom. The maximum Gasteiger partial charge on any atom is 0.220 e. The summed E-state index contributed by atoms with van der Waals surface area (Å²) < 4.78 is 4.43. The summed E-state index contributed by atoms with van der Waals surface area (Å²) in [6.07, 6.45) is -5.24. The Hall–Kier alpha value is -0.200. The highest BCUT2D eigenvalue weighted by molar-refractivity contribution is 4.84. The minimum Gasteiger partial charge on any atom is -0.394 e. The normalized spacial score (nSPS) is 48.0. The van der Waals surface area contributed by atoms with Crippen LogP contribution in [-0.2, 0) is 9.84 Å². The van der Waals surface area contributed by atoms with Gasteiger partial charge in [-0.1, -0.05) is 0 Å². The zero-order chi connectivity index (χ0) is 7.72. The summed E-state index contributed by atoms with van der Waals surface area (Å²) in [4.78, 5) is 0. The highest BCUT2D eigenvalue weighted by Gasteiger charge is 2.42. The molecule has 1 saturated heterocycles. The molecule has 10 heavy (non-hydrogen) atoms. The van der Waals surface area contributed by atoms with Gasteiger partial charge in [0.15, 0.2) is 0 Å². The van der Waals surface area contributed by atoms with Crippen molar-refractivity contribution in [1.29, 1.82) is 0 Å². The van der Waals surface area contributed by atoms with Crippen molar-refractivity contribution in [1.82, 2.24) is 0 Å². The molecule has 0 amide bonds. The van der Waals surface area contributed by atoms with Crippen LogP contribution in [0.3, 0.4) is 0 Å². The Morgan fingerprint density at radius 3 is 2.10 bits per heavy atom. The minimum atomic E-state index is -1.63. The third kappa shape index (κ3) is 1.14. The quantitative estimate of drug-likeness (QED) is 0.396. The predicted octanol–water partition coefficient (Wildman–Crippen LogP) is -2.14. The zero-order valence-corrected chi connectivity index (χ0v) is 5.17. The second-order valence-corrected chi connectivity index (χ2v) is 2.21. The summed E-state index contributed by atoms with van der Waals surface area (Å²) >= 11 is 0. The SMILES string of the molecule is [O][C@H]1O[C@H](CO)[C@@H](O)[C@@H]1O. The molecule has 0 unspecified atom stereocenters. The van der Waals surface area contributed by atoms with Gasteiger partial charge in [0.2, 0.25) is 6.29 Å². The van der Waals surface area contributed by atoms with Crippen molar-refractivity contribution < 1.29 is 25.2 Å². The van der Waals surface area contributed by atoms with E-state index in [0.717, 1.165) is 0 Å². The fourth-order valence-corrected chi connectivity index (χ4v) is 0.865. The van der Waals surface area contributed by atoms with Crippen molar-refractivity contribution in [3.8, 4) is 0 Å². The number of hydrogen-bond donors (Lipinski definition) is 3. The Morgan fingerprint density at radius 1 is 1.30 bits per heavy atom. The summed E-state index contributed by atoms with van der Waals surface area (Å²) in [5.41, 5.74) is 0. The topological polar surface area (TPSA) is 89.8 Å². The Bertz CT molecular complexity index is 117. The molecule has 1 radical (unpaired) electrons. The second-order valence-electron chi connectivity index (χ2n) is 2.21. The zero-order valence-electron chi connectivity index (χ0n) is 5.17. The lowest BCUT2D eigenvalue weighted by molar-refractivity contribution is -0.168. The molecule has 3 N–H and O–H groups in total. The van der Waals surface area contributed by atoms with E-state index in [4.69, 9.17) is 15.3 Å². The van der Waals surface area contributed by atoms with E-state index in [1.54, 1.807) is 0 Å². The first kappa shape index (κ1) is 7.90. The maximum absolute atomic E-state index is 10.5. The van der Waals surface area contributed by atoms with Gasteiger partial charge in [0.25, 0.3) is 0 Å². The van der Waals surface area contributed by atoms with Crippen LogP contribution in [0.5, 0.6) is 0 Å². The average Bonchev–Trinajstić information content (AvgIpc) is 2.17. The largest absolute Gasteiger partial charge is 0.394 e. The summed E-state index contributed by atoms with van der Waals surface area (Å²) in [5.74, 6) is 0. The molecule has 0 spiro atoms. The molecular formula is C5H9O5. The number of rotatable bonds is 1. The average molecular weight is 149 g/mol. The Labute approximate surface area is 57.5 Å². The molecule has 0 bridgehead atoms. The molecule has 1 rings (SSSR count). The summed E-state index contributed by atoms with van der Waals surface area (Å²) in [6.45, 7) is -0.447. The van der Waals surface area contributed by atoms with Crippen molar-refractivity contribution >= 4 is 0 Å². The van der Waals surface area contributed by atoms with Crippen molar-refractivity contribution in [3.05, 3.63) is 0 Å². The molecule has 1 aliphatic rings. The van der Waals surface area contributed by atoms with Crippen LogP contribution < -0.4 is 0 Å². The van der Waals surface area contributed by atoms with Gasteiger partial charge in [0.05, 0.1) is 6.61 Å².